The van der Waals surface area contributed by atoms with E-state index in [0.29, 0.717) is 18.8 Å². The Morgan fingerprint density at radius 3 is 2.30 bits per heavy atom. The SMILES string of the molecule is Nc1cc(C(=O)O)cc(S(N)(=O)=O)c1N1CCCCC1. The normalized spacial score (nSPS) is 16.1. The summed E-state index contributed by atoms with van der Waals surface area (Å²) < 4.78 is 23.5. The number of anilines is 2. The van der Waals surface area contributed by atoms with Crippen LogP contribution < -0.4 is 15.8 Å². The number of sulfonamides is 1. The molecule has 1 aromatic carbocycles. The van der Waals surface area contributed by atoms with Gasteiger partial charge in [0.05, 0.1) is 16.9 Å². The Kier molecular flexibility index (Phi) is 3.87. The smallest absolute Gasteiger partial charge is 0.335 e. The predicted octanol–water partition coefficient (Wildman–Crippen LogP) is 0.605. The lowest BCUT2D eigenvalue weighted by Crippen LogP contribution is -2.32. The van der Waals surface area contributed by atoms with Gasteiger partial charge in [-0.05, 0) is 31.4 Å². The van der Waals surface area contributed by atoms with Gasteiger partial charge < -0.3 is 15.7 Å². The van der Waals surface area contributed by atoms with Crippen molar-refractivity contribution in [3.05, 3.63) is 17.7 Å². The molecule has 0 atom stereocenters. The first kappa shape index (κ1) is 14.6. The molecule has 0 radical (unpaired) electrons. The highest BCUT2D eigenvalue weighted by Crippen LogP contribution is 2.34. The Morgan fingerprint density at radius 1 is 1.20 bits per heavy atom. The summed E-state index contributed by atoms with van der Waals surface area (Å²) in [5.41, 5.74) is 6.11. The molecular weight excluding hydrogens is 282 g/mol. The molecule has 0 aliphatic carbocycles. The van der Waals surface area contributed by atoms with Crippen LogP contribution in [0.1, 0.15) is 29.6 Å². The number of carboxylic acid groups (broad SMARTS) is 1. The van der Waals surface area contributed by atoms with Crippen molar-refractivity contribution in [2.24, 2.45) is 5.14 Å². The monoisotopic (exact) mass is 299 g/mol. The van der Waals surface area contributed by atoms with E-state index >= 15 is 0 Å². The largest absolute Gasteiger partial charge is 0.478 e. The Morgan fingerprint density at radius 2 is 1.80 bits per heavy atom. The standard InChI is InChI=1S/C12H17N3O4S/c13-9-6-8(12(16)17)7-10(20(14,18)19)11(9)15-4-2-1-3-5-15/h6-7H,1-5,13H2,(H,16,17)(H2,14,18,19). The molecule has 5 N–H and O–H groups in total. The van der Waals surface area contributed by atoms with E-state index in [1.165, 1.54) is 6.07 Å². The van der Waals surface area contributed by atoms with Gasteiger partial charge in [-0.15, -0.1) is 0 Å². The van der Waals surface area contributed by atoms with Crippen LogP contribution in [-0.2, 0) is 10.0 Å². The summed E-state index contributed by atoms with van der Waals surface area (Å²) >= 11 is 0. The number of benzene rings is 1. The lowest BCUT2D eigenvalue weighted by atomic mass is 10.1. The molecule has 0 unspecified atom stereocenters. The molecule has 1 fully saturated rings. The van der Waals surface area contributed by atoms with Crippen molar-refractivity contribution < 1.29 is 18.3 Å². The molecule has 1 aromatic rings. The van der Waals surface area contributed by atoms with Crippen LogP contribution in [-0.4, -0.2) is 32.6 Å². The van der Waals surface area contributed by atoms with Crippen LogP contribution >= 0.6 is 0 Å². The quantitative estimate of drug-likeness (QED) is 0.702. The van der Waals surface area contributed by atoms with E-state index in [9.17, 15) is 13.2 Å². The molecule has 20 heavy (non-hydrogen) atoms. The second-order valence-electron chi connectivity index (χ2n) is 4.81. The first-order valence-corrected chi connectivity index (χ1v) is 7.80. The minimum Gasteiger partial charge on any atom is -0.478 e. The van der Waals surface area contributed by atoms with Gasteiger partial charge in [-0.3, -0.25) is 0 Å². The first-order chi connectivity index (χ1) is 9.30. The molecule has 0 saturated carbocycles. The Hall–Kier alpha value is -1.80. The molecule has 7 nitrogen and oxygen atoms in total. The zero-order chi connectivity index (χ0) is 14.9. The molecule has 1 heterocycles. The molecule has 110 valence electrons. The van der Waals surface area contributed by atoms with Crippen molar-refractivity contribution in [1.29, 1.82) is 0 Å². The number of rotatable bonds is 3. The molecule has 1 aliphatic rings. The van der Waals surface area contributed by atoms with Gasteiger partial charge >= 0.3 is 5.97 Å². The van der Waals surface area contributed by atoms with Crippen LogP contribution in [0.3, 0.4) is 0 Å². The summed E-state index contributed by atoms with van der Waals surface area (Å²) in [6, 6.07) is 2.33. The Labute approximate surface area is 117 Å². The fourth-order valence-electron chi connectivity index (χ4n) is 2.43. The van der Waals surface area contributed by atoms with Crippen LogP contribution in [0.5, 0.6) is 0 Å². The molecule has 0 bridgehead atoms. The summed E-state index contributed by atoms with van der Waals surface area (Å²) in [6.45, 7) is 1.36. The van der Waals surface area contributed by atoms with Gasteiger partial charge in [0.2, 0.25) is 10.0 Å². The van der Waals surface area contributed by atoms with Crippen molar-refractivity contribution in [3.63, 3.8) is 0 Å². The summed E-state index contributed by atoms with van der Waals surface area (Å²) in [6.07, 6.45) is 2.95. The number of aromatic carboxylic acids is 1. The number of nitrogen functional groups attached to an aromatic ring is 1. The Bertz CT molecular complexity index is 636. The second kappa shape index (κ2) is 5.29. The zero-order valence-electron chi connectivity index (χ0n) is 10.9. The average molecular weight is 299 g/mol. The summed E-state index contributed by atoms with van der Waals surface area (Å²) in [5, 5.41) is 14.2. The van der Waals surface area contributed by atoms with E-state index in [4.69, 9.17) is 16.0 Å². The number of hydrogen-bond donors (Lipinski definition) is 3. The number of nitrogens with zero attached hydrogens (tertiary/aromatic N) is 1. The van der Waals surface area contributed by atoms with Crippen LogP contribution in [0.15, 0.2) is 17.0 Å². The Balaban J connectivity index is 2.62. The highest BCUT2D eigenvalue weighted by atomic mass is 32.2. The number of nitrogens with two attached hydrogens (primary N) is 2. The predicted molar refractivity (Wildman–Crippen MR) is 75.3 cm³/mol. The van der Waals surface area contributed by atoms with Crippen molar-refractivity contribution in [1.82, 2.24) is 0 Å². The topological polar surface area (TPSA) is 127 Å². The lowest BCUT2D eigenvalue weighted by Gasteiger charge is -2.31. The van der Waals surface area contributed by atoms with Crippen molar-refractivity contribution in [2.75, 3.05) is 23.7 Å². The van der Waals surface area contributed by atoms with Gasteiger partial charge in [-0.25, -0.2) is 18.4 Å². The number of primary sulfonamides is 1. The fraction of sp³-hybridized carbons (Fsp3) is 0.417. The molecule has 1 aliphatic heterocycles. The third-order valence-corrected chi connectivity index (χ3v) is 4.25. The van der Waals surface area contributed by atoms with E-state index < -0.39 is 16.0 Å². The van der Waals surface area contributed by atoms with Crippen molar-refractivity contribution >= 4 is 27.4 Å². The first-order valence-electron chi connectivity index (χ1n) is 6.25. The molecular formula is C12H17N3O4S. The average Bonchev–Trinajstić information content (AvgIpc) is 2.37. The molecule has 2 rings (SSSR count). The molecule has 8 heteroatoms. The van der Waals surface area contributed by atoms with Gasteiger partial charge in [-0.2, -0.15) is 0 Å². The minimum atomic E-state index is -4.05. The fourth-order valence-corrected chi connectivity index (χ4v) is 3.23. The number of piperidine rings is 1. The zero-order valence-corrected chi connectivity index (χ0v) is 11.7. The van der Waals surface area contributed by atoms with E-state index in [1.807, 2.05) is 4.90 Å². The highest BCUT2D eigenvalue weighted by molar-refractivity contribution is 7.89. The lowest BCUT2D eigenvalue weighted by molar-refractivity contribution is 0.0696. The van der Waals surface area contributed by atoms with Gasteiger partial charge in [0, 0.05) is 13.1 Å². The van der Waals surface area contributed by atoms with Gasteiger partial charge in [0.15, 0.2) is 0 Å². The molecule has 0 spiro atoms. The van der Waals surface area contributed by atoms with Crippen LogP contribution in [0.25, 0.3) is 0 Å². The van der Waals surface area contributed by atoms with Gasteiger partial charge in [0.1, 0.15) is 4.90 Å². The van der Waals surface area contributed by atoms with E-state index in [2.05, 4.69) is 0 Å². The minimum absolute atomic E-state index is 0.121. The van der Waals surface area contributed by atoms with Gasteiger partial charge in [-0.1, -0.05) is 0 Å². The van der Waals surface area contributed by atoms with E-state index in [1.54, 1.807) is 0 Å². The molecule has 1 saturated heterocycles. The molecule has 0 amide bonds. The van der Waals surface area contributed by atoms with Crippen molar-refractivity contribution in [3.8, 4) is 0 Å². The number of carbonyl (C=O) groups is 1. The maximum atomic E-state index is 11.7. The summed E-state index contributed by atoms with van der Waals surface area (Å²) in [4.78, 5) is 12.6. The number of hydrogen-bond acceptors (Lipinski definition) is 5. The second-order valence-corrected chi connectivity index (χ2v) is 6.34. The highest BCUT2D eigenvalue weighted by Gasteiger charge is 2.25. The van der Waals surface area contributed by atoms with Gasteiger partial charge in [0.25, 0.3) is 0 Å². The van der Waals surface area contributed by atoms with Crippen LogP contribution in [0, 0.1) is 0 Å². The maximum absolute atomic E-state index is 11.7. The van der Waals surface area contributed by atoms with E-state index in [-0.39, 0.29) is 16.1 Å². The van der Waals surface area contributed by atoms with Crippen molar-refractivity contribution in [2.45, 2.75) is 24.2 Å². The van der Waals surface area contributed by atoms with E-state index in [0.717, 1.165) is 25.3 Å². The third-order valence-electron chi connectivity index (χ3n) is 3.33. The maximum Gasteiger partial charge on any atom is 0.335 e. The number of carboxylic acids is 1. The summed E-state index contributed by atoms with van der Waals surface area (Å²) in [5.74, 6) is -1.24. The third kappa shape index (κ3) is 2.86. The van der Waals surface area contributed by atoms with Crippen LogP contribution in [0.2, 0.25) is 0 Å². The summed E-state index contributed by atoms with van der Waals surface area (Å²) in [7, 11) is -4.05. The molecule has 0 aromatic heterocycles. The van der Waals surface area contributed by atoms with Crippen LogP contribution in [0.4, 0.5) is 11.4 Å².